The van der Waals surface area contributed by atoms with Gasteiger partial charge in [0.25, 0.3) is 5.56 Å². The lowest BCUT2D eigenvalue weighted by molar-refractivity contribution is -0.908. The molecule has 3 rings (SSSR count). The third-order valence-electron chi connectivity index (χ3n) is 3.73. The molecule has 124 valence electrons. The Kier molecular flexibility index (Phi) is 4.85. The van der Waals surface area contributed by atoms with E-state index >= 15 is 0 Å². The summed E-state index contributed by atoms with van der Waals surface area (Å²) in [5.41, 5.74) is 0.768. The fourth-order valence-electron chi connectivity index (χ4n) is 2.60. The van der Waals surface area contributed by atoms with Gasteiger partial charge in [-0.3, -0.25) is 4.79 Å². The van der Waals surface area contributed by atoms with Gasteiger partial charge in [-0.25, -0.2) is 9.37 Å². The maximum absolute atomic E-state index is 13.9. The number of benzene rings is 2. The number of H-pyrrole nitrogens is 1. The van der Waals surface area contributed by atoms with Gasteiger partial charge < -0.3 is 9.88 Å². The molecule has 0 saturated carbocycles. The van der Waals surface area contributed by atoms with E-state index < -0.39 is 0 Å². The summed E-state index contributed by atoms with van der Waals surface area (Å²) in [6.07, 6.45) is 0. The van der Waals surface area contributed by atoms with Crippen molar-refractivity contribution in [2.24, 2.45) is 0 Å². The Labute approximate surface area is 147 Å². The van der Waals surface area contributed by atoms with E-state index in [4.69, 9.17) is 23.2 Å². The van der Waals surface area contributed by atoms with Crippen LogP contribution in [0.3, 0.4) is 0 Å². The molecule has 0 amide bonds. The third kappa shape index (κ3) is 3.59. The van der Waals surface area contributed by atoms with Gasteiger partial charge in [0, 0.05) is 5.02 Å². The van der Waals surface area contributed by atoms with Crippen LogP contribution < -0.4 is 10.5 Å². The average Bonchev–Trinajstić information content (AvgIpc) is 2.50. The number of hydrogen-bond donors (Lipinski definition) is 2. The molecule has 0 aliphatic carbocycles. The molecular weight excluding hydrogens is 352 g/mol. The van der Waals surface area contributed by atoms with Crippen LogP contribution in [0.2, 0.25) is 10.0 Å². The van der Waals surface area contributed by atoms with E-state index in [2.05, 4.69) is 9.97 Å². The molecule has 0 fully saturated rings. The number of nitrogens with zero attached hydrogens (tertiary/aromatic N) is 1. The zero-order valence-corrected chi connectivity index (χ0v) is 14.4. The van der Waals surface area contributed by atoms with Gasteiger partial charge in [0.1, 0.15) is 18.9 Å². The van der Waals surface area contributed by atoms with Crippen molar-refractivity contribution in [3.63, 3.8) is 0 Å². The van der Waals surface area contributed by atoms with Crippen LogP contribution in [-0.4, -0.2) is 17.0 Å². The van der Waals surface area contributed by atoms with Crippen molar-refractivity contribution in [3.05, 3.63) is 74.0 Å². The molecule has 1 aromatic heterocycles. The maximum atomic E-state index is 13.9. The van der Waals surface area contributed by atoms with Crippen molar-refractivity contribution in [1.29, 1.82) is 0 Å². The van der Waals surface area contributed by atoms with Gasteiger partial charge in [0.2, 0.25) is 0 Å². The zero-order valence-electron chi connectivity index (χ0n) is 12.9. The molecule has 24 heavy (non-hydrogen) atoms. The van der Waals surface area contributed by atoms with Gasteiger partial charge in [-0.1, -0.05) is 29.3 Å². The number of fused-ring (bicyclic) bond motifs is 1. The average molecular weight is 367 g/mol. The molecule has 0 bridgehead atoms. The van der Waals surface area contributed by atoms with E-state index in [0.29, 0.717) is 45.4 Å². The lowest BCUT2D eigenvalue weighted by atomic mass is 10.2. The second-order valence-corrected chi connectivity index (χ2v) is 6.53. The van der Waals surface area contributed by atoms with Gasteiger partial charge in [-0.15, -0.1) is 0 Å². The monoisotopic (exact) mass is 366 g/mol. The van der Waals surface area contributed by atoms with Crippen LogP contribution in [0.4, 0.5) is 4.39 Å². The molecule has 1 unspecified atom stereocenters. The highest BCUT2D eigenvalue weighted by atomic mass is 35.5. The highest BCUT2D eigenvalue weighted by Crippen LogP contribution is 2.18. The SMILES string of the molecule is C[NH+](Cc1nc2cc(Cl)ccc2c(=O)[nH]1)Cc1c(F)cccc1Cl. The first kappa shape index (κ1) is 16.9. The van der Waals surface area contributed by atoms with Crippen LogP contribution in [0.25, 0.3) is 10.9 Å². The highest BCUT2D eigenvalue weighted by molar-refractivity contribution is 6.31. The number of aromatic nitrogens is 2. The lowest BCUT2D eigenvalue weighted by Gasteiger charge is -2.15. The molecular formula is C17H15Cl2FN3O+. The third-order valence-corrected chi connectivity index (χ3v) is 4.32. The van der Waals surface area contributed by atoms with E-state index in [-0.39, 0.29) is 11.4 Å². The maximum Gasteiger partial charge on any atom is 0.258 e. The number of nitrogens with one attached hydrogen (secondary N) is 2. The van der Waals surface area contributed by atoms with Crippen LogP contribution >= 0.6 is 23.2 Å². The van der Waals surface area contributed by atoms with Crippen LogP contribution in [0.1, 0.15) is 11.4 Å². The minimum atomic E-state index is -0.339. The Morgan fingerprint density at radius 1 is 1.21 bits per heavy atom. The Hall–Kier alpha value is -1.95. The van der Waals surface area contributed by atoms with Crippen molar-refractivity contribution in [2.45, 2.75) is 13.1 Å². The first-order valence-corrected chi connectivity index (χ1v) is 8.12. The van der Waals surface area contributed by atoms with Crippen LogP contribution in [0.15, 0.2) is 41.2 Å². The Morgan fingerprint density at radius 3 is 2.75 bits per heavy atom. The van der Waals surface area contributed by atoms with Gasteiger partial charge in [0.05, 0.1) is 28.5 Å². The zero-order chi connectivity index (χ0) is 17.3. The molecule has 2 aromatic carbocycles. The molecule has 1 atom stereocenters. The summed E-state index contributed by atoms with van der Waals surface area (Å²) < 4.78 is 13.9. The molecule has 0 saturated heterocycles. The van der Waals surface area contributed by atoms with Crippen molar-refractivity contribution in [2.75, 3.05) is 7.05 Å². The highest BCUT2D eigenvalue weighted by Gasteiger charge is 2.14. The number of quaternary nitrogens is 1. The summed E-state index contributed by atoms with van der Waals surface area (Å²) in [6, 6.07) is 9.56. The number of hydrogen-bond acceptors (Lipinski definition) is 2. The van der Waals surface area contributed by atoms with Crippen LogP contribution in [0, 0.1) is 5.82 Å². The Morgan fingerprint density at radius 2 is 2.00 bits per heavy atom. The fraction of sp³-hybridized carbons (Fsp3) is 0.176. The van der Waals surface area contributed by atoms with E-state index in [9.17, 15) is 9.18 Å². The van der Waals surface area contributed by atoms with Crippen LogP contribution in [-0.2, 0) is 13.1 Å². The summed E-state index contributed by atoms with van der Waals surface area (Å²) in [7, 11) is 1.88. The Balaban J connectivity index is 1.85. The number of rotatable bonds is 4. The van der Waals surface area contributed by atoms with Crippen molar-refractivity contribution in [1.82, 2.24) is 9.97 Å². The summed E-state index contributed by atoms with van der Waals surface area (Å²) in [5, 5.41) is 1.39. The topological polar surface area (TPSA) is 50.2 Å². The summed E-state index contributed by atoms with van der Waals surface area (Å²) in [6.45, 7) is 0.797. The minimum Gasteiger partial charge on any atom is -0.327 e. The van der Waals surface area contributed by atoms with Crippen LogP contribution in [0.5, 0.6) is 0 Å². The second kappa shape index (κ2) is 6.89. The first-order chi connectivity index (χ1) is 11.4. The van der Waals surface area contributed by atoms with E-state index in [1.807, 2.05) is 7.05 Å². The normalized spacial score (nSPS) is 12.5. The van der Waals surface area contributed by atoms with E-state index in [1.54, 1.807) is 30.3 Å². The standard InChI is InChI=1S/C17H14Cl2FN3O/c1-23(8-12-13(19)3-2-4-14(12)20)9-16-21-15-7-10(18)5-6-11(15)17(24)22-16/h2-7H,8-9H2,1H3,(H,21,22,24)/p+1. The summed E-state index contributed by atoms with van der Waals surface area (Å²) in [4.78, 5) is 20.3. The van der Waals surface area contributed by atoms with Gasteiger partial charge in [0.15, 0.2) is 5.82 Å². The predicted molar refractivity (Wildman–Crippen MR) is 93.1 cm³/mol. The Bertz CT molecular complexity index is 938. The minimum absolute atomic E-state index is 0.219. The smallest absolute Gasteiger partial charge is 0.258 e. The molecule has 0 radical (unpaired) electrons. The quantitative estimate of drug-likeness (QED) is 0.745. The first-order valence-electron chi connectivity index (χ1n) is 7.36. The van der Waals surface area contributed by atoms with E-state index in [0.717, 1.165) is 4.90 Å². The predicted octanol–water partition coefficient (Wildman–Crippen LogP) is 2.58. The van der Waals surface area contributed by atoms with Crippen molar-refractivity contribution < 1.29 is 9.29 Å². The second-order valence-electron chi connectivity index (χ2n) is 5.68. The lowest BCUT2D eigenvalue weighted by Crippen LogP contribution is -3.06. The molecule has 1 heterocycles. The molecule has 3 aromatic rings. The molecule has 0 aliphatic heterocycles. The molecule has 7 heteroatoms. The summed E-state index contributed by atoms with van der Waals surface area (Å²) >= 11 is 12.0. The number of aromatic amines is 1. The fourth-order valence-corrected chi connectivity index (χ4v) is 2.99. The van der Waals surface area contributed by atoms with Crippen molar-refractivity contribution in [3.8, 4) is 0 Å². The van der Waals surface area contributed by atoms with Crippen molar-refractivity contribution >= 4 is 34.1 Å². The van der Waals surface area contributed by atoms with E-state index in [1.165, 1.54) is 6.07 Å². The van der Waals surface area contributed by atoms with Gasteiger partial charge >= 0.3 is 0 Å². The molecule has 0 aliphatic rings. The molecule has 4 nitrogen and oxygen atoms in total. The number of halogens is 3. The summed E-state index contributed by atoms with van der Waals surface area (Å²) in [5.74, 6) is 0.174. The molecule has 0 spiro atoms. The van der Waals surface area contributed by atoms with Gasteiger partial charge in [-0.05, 0) is 30.3 Å². The largest absolute Gasteiger partial charge is 0.327 e. The molecule has 2 N–H and O–H groups in total. The van der Waals surface area contributed by atoms with Gasteiger partial charge in [-0.2, -0.15) is 0 Å².